The summed E-state index contributed by atoms with van der Waals surface area (Å²) < 4.78 is 0. The van der Waals surface area contributed by atoms with Crippen molar-refractivity contribution in [2.75, 3.05) is 20.1 Å². The van der Waals surface area contributed by atoms with Gasteiger partial charge in [-0.2, -0.15) is 0 Å². The molecule has 3 rings (SSSR count). The number of hydrogen-bond acceptors (Lipinski definition) is 2. The molecular formula is C18H28N2. The van der Waals surface area contributed by atoms with Crippen LogP contribution in [0.3, 0.4) is 0 Å². The van der Waals surface area contributed by atoms with Gasteiger partial charge in [-0.15, -0.1) is 0 Å². The van der Waals surface area contributed by atoms with Gasteiger partial charge in [0.15, 0.2) is 0 Å². The number of piperidine rings is 1. The van der Waals surface area contributed by atoms with Gasteiger partial charge < -0.3 is 5.32 Å². The van der Waals surface area contributed by atoms with Crippen molar-refractivity contribution in [3.05, 3.63) is 35.9 Å². The van der Waals surface area contributed by atoms with E-state index in [-0.39, 0.29) is 0 Å². The van der Waals surface area contributed by atoms with Gasteiger partial charge in [0.2, 0.25) is 0 Å². The van der Waals surface area contributed by atoms with E-state index in [4.69, 9.17) is 0 Å². The van der Waals surface area contributed by atoms with Gasteiger partial charge in [0.1, 0.15) is 0 Å². The third kappa shape index (κ3) is 3.07. The minimum absolute atomic E-state index is 0.688. The van der Waals surface area contributed by atoms with Crippen molar-refractivity contribution < 1.29 is 0 Å². The minimum atomic E-state index is 0.688. The normalized spacial score (nSPS) is 32.1. The van der Waals surface area contributed by atoms with E-state index in [1.807, 2.05) is 0 Å². The fourth-order valence-electron chi connectivity index (χ4n) is 4.16. The molecular weight excluding hydrogens is 244 g/mol. The van der Waals surface area contributed by atoms with Crippen molar-refractivity contribution in [1.82, 2.24) is 10.2 Å². The van der Waals surface area contributed by atoms with Crippen molar-refractivity contribution in [2.24, 2.45) is 0 Å². The summed E-state index contributed by atoms with van der Waals surface area (Å²) in [6.45, 7) is 2.62. The van der Waals surface area contributed by atoms with E-state index in [0.29, 0.717) is 6.04 Å². The van der Waals surface area contributed by atoms with E-state index >= 15 is 0 Å². The summed E-state index contributed by atoms with van der Waals surface area (Å²) in [6, 6.07) is 12.6. The zero-order valence-corrected chi connectivity index (χ0v) is 12.7. The van der Waals surface area contributed by atoms with Gasteiger partial charge in [0.25, 0.3) is 0 Å². The van der Waals surface area contributed by atoms with Gasteiger partial charge in [-0.3, -0.25) is 4.90 Å². The average molecular weight is 272 g/mol. The molecule has 0 spiro atoms. The SMILES string of the molecule is CNC1CCC(c2ccccc2)CC1N1CCCCC1. The molecule has 1 aliphatic heterocycles. The number of likely N-dealkylation sites (N-methyl/N-ethyl adjacent to an activating group) is 1. The van der Waals surface area contributed by atoms with Crippen LogP contribution in [0.2, 0.25) is 0 Å². The van der Waals surface area contributed by atoms with E-state index in [9.17, 15) is 0 Å². The molecule has 1 saturated heterocycles. The number of nitrogens with one attached hydrogen (secondary N) is 1. The van der Waals surface area contributed by atoms with Gasteiger partial charge in [-0.1, -0.05) is 36.8 Å². The molecule has 2 heteroatoms. The predicted octanol–water partition coefficient (Wildman–Crippen LogP) is 3.40. The summed E-state index contributed by atoms with van der Waals surface area (Å²) in [4.78, 5) is 2.76. The Bertz CT molecular complexity index is 397. The average Bonchev–Trinajstić information content (AvgIpc) is 2.56. The van der Waals surface area contributed by atoms with Crippen molar-refractivity contribution in [3.8, 4) is 0 Å². The third-order valence-corrected chi connectivity index (χ3v) is 5.32. The summed E-state index contributed by atoms with van der Waals surface area (Å²) >= 11 is 0. The Morgan fingerprint density at radius 3 is 2.45 bits per heavy atom. The summed E-state index contributed by atoms with van der Waals surface area (Å²) in [5, 5.41) is 3.58. The molecule has 3 atom stereocenters. The van der Waals surface area contributed by atoms with Crippen molar-refractivity contribution in [3.63, 3.8) is 0 Å². The second-order valence-corrected chi connectivity index (χ2v) is 6.48. The molecule has 1 saturated carbocycles. The third-order valence-electron chi connectivity index (χ3n) is 5.32. The lowest BCUT2D eigenvalue weighted by atomic mass is 9.77. The molecule has 0 bridgehead atoms. The second-order valence-electron chi connectivity index (χ2n) is 6.48. The minimum Gasteiger partial charge on any atom is -0.315 e. The lowest BCUT2D eigenvalue weighted by Crippen LogP contribution is -2.53. The first kappa shape index (κ1) is 14.1. The van der Waals surface area contributed by atoms with Gasteiger partial charge >= 0.3 is 0 Å². The maximum Gasteiger partial charge on any atom is 0.0255 e. The fourth-order valence-corrected chi connectivity index (χ4v) is 4.16. The van der Waals surface area contributed by atoms with Crippen LogP contribution in [-0.2, 0) is 0 Å². The molecule has 1 aromatic rings. The summed E-state index contributed by atoms with van der Waals surface area (Å²) in [5.74, 6) is 0.757. The van der Waals surface area contributed by atoms with Crippen LogP contribution in [0.25, 0.3) is 0 Å². The lowest BCUT2D eigenvalue weighted by Gasteiger charge is -2.44. The van der Waals surface area contributed by atoms with Gasteiger partial charge in [-0.25, -0.2) is 0 Å². The fraction of sp³-hybridized carbons (Fsp3) is 0.667. The van der Waals surface area contributed by atoms with E-state index in [1.165, 1.54) is 51.6 Å². The molecule has 1 heterocycles. The highest BCUT2D eigenvalue weighted by atomic mass is 15.2. The Morgan fingerprint density at radius 2 is 1.75 bits per heavy atom. The highest BCUT2D eigenvalue weighted by Crippen LogP contribution is 2.35. The van der Waals surface area contributed by atoms with Gasteiger partial charge in [0, 0.05) is 12.1 Å². The molecule has 110 valence electrons. The molecule has 0 radical (unpaired) electrons. The summed E-state index contributed by atoms with van der Waals surface area (Å²) in [5.41, 5.74) is 1.55. The Labute approximate surface area is 123 Å². The van der Waals surface area contributed by atoms with Crippen LogP contribution >= 0.6 is 0 Å². The smallest absolute Gasteiger partial charge is 0.0255 e. The Balaban J connectivity index is 1.72. The lowest BCUT2D eigenvalue weighted by molar-refractivity contribution is 0.0963. The zero-order valence-electron chi connectivity index (χ0n) is 12.7. The molecule has 2 fully saturated rings. The molecule has 0 aromatic heterocycles. The van der Waals surface area contributed by atoms with Crippen LogP contribution in [0.1, 0.15) is 50.0 Å². The zero-order chi connectivity index (χ0) is 13.8. The van der Waals surface area contributed by atoms with Crippen LogP contribution in [0.5, 0.6) is 0 Å². The summed E-state index contributed by atoms with van der Waals surface area (Å²) in [6.07, 6.45) is 8.19. The molecule has 2 nitrogen and oxygen atoms in total. The first-order chi connectivity index (χ1) is 9.88. The number of hydrogen-bond donors (Lipinski definition) is 1. The van der Waals surface area contributed by atoms with Crippen molar-refractivity contribution >= 4 is 0 Å². The van der Waals surface area contributed by atoms with Gasteiger partial charge in [0.05, 0.1) is 0 Å². The molecule has 1 aromatic carbocycles. The number of rotatable bonds is 3. The molecule has 20 heavy (non-hydrogen) atoms. The Hall–Kier alpha value is -0.860. The van der Waals surface area contributed by atoms with Gasteiger partial charge in [-0.05, 0) is 63.7 Å². The standard InChI is InChI=1S/C18H28N2/c1-19-17-11-10-16(15-8-4-2-5-9-15)14-18(17)20-12-6-3-7-13-20/h2,4-5,8-9,16-19H,3,6-7,10-14H2,1H3. The van der Waals surface area contributed by atoms with Crippen LogP contribution in [0.15, 0.2) is 30.3 Å². The van der Waals surface area contributed by atoms with E-state index in [1.54, 1.807) is 5.56 Å². The first-order valence-corrected chi connectivity index (χ1v) is 8.35. The number of likely N-dealkylation sites (tertiary alicyclic amines) is 1. The van der Waals surface area contributed by atoms with Crippen LogP contribution < -0.4 is 5.32 Å². The van der Waals surface area contributed by atoms with E-state index in [2.05, 4.69) is 47.6 Å². The molecule has 1 N–H and O–H groups in total. The number of benzene rings is 1. The molecule has 2 aliphatic rings. The topological polar surface area (TPSA) is 15.3 Å². The molecule has 3 unspecified atom stereocenters. The maximum absolute atomic E-state index is 3.58. The van der Waals surface area contributed by atoms with Crippen molar-refractivity contribution in [2.45, 2.75) is 56.5 Å². The quantitative estimate of drug-likeness (QED) is 0.907. The van der Waals surface area contributed by atoms with E-state index < -0.39 is 0 Å². The van der Waals surface area contributed by atoms with Crippen LogP contribution in [0, 0.1) is 0 Å². The van der Waals surface area contributed by atoms with E-state index in [0.717, 1.165) is 12.0 Å². The predicted molar refractivity (Wildman–Crippen MR) is 85.1 cm³/mol. The molecule has 1 aliphatic carbocycles. The second kappa shape index (κ2) is 6.73. The van der Waals surface area contributed by atoms with Crippen molar-refractivity contribution in [1.29, 1.82) is 0 Å². The summed E-state index contributed by atoms with van der Waals surface area (Å²) in [7, 11) is 2.14. The molecule has 0 amide bonds. The Morgan fingerprint density at radius 1 is 1.00 bits per heavy atom. The largest absolute Gasteiger partial charge is 0.315 e. The van der Waals surface area contributed by atoms with Crippen LogP contribution in [0.4, 0.5) is 0 Å². The number of nitrogens with zero attached hydrogens (tertiary/aromatic N) is 1. The highest BCUT2D eigenvalue weighted by Gasteiger charge is 2.34. The monoisotopic (exact) mass is 272 g/mol. The first-order valence-electron chi connectivity index (χ1n) is 8.35. The highest BCUT2D eigenvalue weighted by molar-refractivity contribution is 5.21. The Kier molecular flexibility index (Phi) is 4.74. The van der Waals surface area contributed by atoms with Crippen LogP contribution in [-0.4, -0.2) is 37.1 Å². The maximum atomic E-state index is 3.58.